The van der Waals surface area contributed by atoms with Crippen molar-refractivity contribution in [1.82, 2.24) is 4.90 Å². The third kappa shape index (κ3) is 5.10. The van der Waals surface area contributed by atoms with E-state index in [0.717, 1.165) is 0 Å². The van der Waals surface area contributed by atoms with Crippen LogP contribution in [0.3, 0.4) is 0 Å². The van der Waals surface area contributed by atoms with Gasteiger partial charge in [-0.2, -0.15) is 0 Å². The van der Waals surface area contributed by atoms with E-state index in [-0.39, 0.29) is 23.6 Å². The Balaban J connectivity index is 1.54. The minimum Gasteiger partial charge on any atom is -0.339 e. The second kappa shape index (κ2) is 8.89. The van der Waals surface area contributed by atoms with Crippen LogP contribution in [0.1, 0.15) is 30.1 Å². The predicted molar refractivity (Wildman–Crippen MR) is 109 cm³/mol. The molecule has 0 radical (unpaired) electrons. The van der Waals surface area contributed by atoms with Gasteiger partial charge < -0.3 is 15.5 Å². The van der Waals surface area contributed by atoms with Gasteiger partial charge in [-0.25, -0.2) is 0 Å². The molecular weight excluding hydrogens is 378 g/mol. The van der Waals surface area contributed by atoms with Crippen LogP contribution in [-0.2, 0) is 9.59 Å². The topological polar surface area (TPSA) is 78.5 Å². The number of nitrogens with one attached hydrogen (secondary N) is 2. The Morgan fingerprint density at radius 3 is 2.18 bits per heavy atom. The lowest BCUT2D eigenvalue weighted by Gasteiger charge is -2.31. The van der Waals surface area contributed by atoms with Crippen molar-refractivity contribution in [2.24, 2.45) is 5.92 Å². The molecular formula is C21H22ClN3O3. The highest BCUT2D eigenvalue weighted by Crippen LogP contribution is 2.22. The molecule has 0 atom stereocenters. The molecule has 0 unspecified atom stereocenters. The molecule has 6 nitrogen and oxygen atoms in total. The molecule has 3 rings (SSSR count). The van der Waals surface area contributed by atoms with Crippen molar-refractivity contribution < 1.29 is 14.4 Å². The highest BCUT2D eigenvalue weighted by molar-refractivity contribution is 6.30. The molecule has 1 aliphatic heterocycles. The summed E-state index contributed by atoms with van der Waals surface area (Å²) >= 11 is 5.87. The summed E-state index contributed by atoms with van der Waals surface area (Å²) in [5, 5.41) is 6.18. The van der Waals surface area contributed by atoms with Crippen molar-refractivity contribution in [1.29, 1.82) is 0 Å². The Bertz CT molecular complexity index is 875. The third-order valence-electron chi connectivity index (χ3n) is 4.69. The summed E-state index contributed by atoms with van der Waals surface area (Å²) in [5.74, 6) is -0.433. The Morgan fingerprint density at radius 2 is 1.57 bits per heavy atom. The van der Waals surface area contributed by atoms with Gasteiger partial charge in [0.15, 0.2) is 0 Å². The number of likely N-dealkylation sites (tertiary alicyclic amines) is 1. The monoisotopic (exact) mass is 399 g/mol. The number of amides is 3. The molecule has 1 heterocycles. The highest BCUT2D eigenvalue weighted by Gasteiger charge is 2.27. The van der Waals surface area contributed by atoms with Crippen molar-refractivity contribution in [3.63, 3.8) is 0 Å². The molecule has 2 aromatic rings. The zero-order chi connectivity index (χ0) is 20.1. The van der Waals surface area contributed by atoms with Gasteiger partial charge in [-0.15, -0.1) is 0 Å². The van der Waals surface area contributed by atoms with Crippen LogP contribution in [0.5, 0.6) is 0 Å². The number of nitrogens with zero attached hydrogens (tertiary/aromatic N) is 1. The molecule has 28 heavy (non-hydrogen) atoms. The summed E-state index contributed by atoms with van der Waals surface area (Å²) in [5.41, 5.74) is 1.87. The summed E-state index contributed by atoms with van der Waals surface area (Å²) in [7, 11) is 0. The molecule has 146 valence electrons. The Labute approximate surface area is 168 Å². The Hall–Kier alpha value is -2.86. The second-order valence-corrected chi connectivity index (χ2v) is 7.26. The molecule has 1 fully saturated rings. The van der Waals surface area contributed by atoms with E-state index in [4.69, 9.17) is 11.6 Å². The summed E-state index contributed by atoms with van der Waals surface area (Å²) in [4.78, 5) is 38.1. The zero-order valence-corrected chi connectivity index (χ0v) is 16.3. The number of hydrogen-bond donors (Lipinski definition) is 2. The van der Waals surface area contributed by atoms with E-state index in [2.05, 4.69) is 10.6 Å². The summed E-state index contributed by atoms with van der Waals surface area (Å²) < 4.78 is 0. The number of piperidine rings is 1. The Morgan fingerprint density at radius 1 is 0.964 bits per heavy atom. The van der Waals surface area contributed by atoms with Gasteiger partial charge in [0.2, 0.25) is 11.8 Å². The number of halogens is 1. The maximum absolute atomic E-state index is 12.6. The number of anilines is 2. The summed E-state index contributed by atoms with van der Waals surface area (Å²) in [6.07, 6.45) is 1.22. The van der Waals surface area contributed by atoms with Gasteiger partial charge >= 0.3 is 0 Å². The van der Waals surface area contributed by atoms with Crippen molar-refractivity contribution in [2.75, 3.05) is 23.7 Å². The van der Waals surface area contributed by atoms with Crippen LogP contribution in [-0.4, -0.2) is 35.7 Å². The quantitative estimate of drug-likeness (QED) is 0.820. The standard InChI is InChI=1S/C21H22ClN3O3/c1-14(26)23-18-3-2-4-19(13-18)24-20(27)15-9-11-25(12-10-15)21(28)16-5-7-17(22)8-6-16/h2-8,13,15H,9-12H2,1H3,(H,23,26)(H,24,27). The van der Waals surface area contributed by atoms with E-state index < -0.39 is 0 Å². The summed E-state index contributed by atoms with van der Waals surface area (Å²) in [6, 6.07) is 13.9. The molecule has 0 aromatic heterocycles. The molecule has 2 aromatic carbocycles. The van der Waals surface area contributed by atoms with Crippen molar-refractivity contribution in [2.45, 2.75) is 19.8 Å². The molecule has 2 N–H and O–H groups in total. The van der Waals surface area contributed by atoms with Gasteiger partial charge in [0.25, 0.3) is 5.91 Å². The van der Waals surface area contributed by atoms with Gasteiger partial charge in [0.05, 0.1) is 0 Å². The van der Waals surface area contributed by atoms with Crippen LogP contribution in [0, 0.1) is 5.92 Å². The van der Waals surface area contributed by atoms with Gasteiger partial charge in [0.1, 0.15) is 0 Å². The molecule has 1 saturated heterocycles. The minimum absolute atomic E-state index is 0.0430. The van der Waals surface area contributed by atoms with E-state index in [1.807, 2.05) is 0 Å². The van der Waals surface area contributed by atoms with Crippen molar-refractivity contribution in [3.05, 3.63) is 59.1 Å². The average molecular weight is 400 g/mol. The van der Waals surface area contributed by atoms with Crippen LogP contribution in [0.15, 0.2) is 48.5 Å². The molecule has 0 saturated carbocycles. The zero-order valence-electron chi connectivity index (χ0n) is 15.6. The maximum atomic E-state index is 12.6. The van der Waals surface area contributed by atoms with Crippen LogP contribution in [0.2, 0.25) is 5.02 Å². The van der Waals surface area contributed by atoms with Gasteiger partial charge in [0, 0.05) is 47.9 Å². The first-order valence-electron chi connectivity index (χ1n) is 9.16. The molecule has 1 aliphatic rings. The fourth-order valence-electron chi connectivity index (χ4n) is 3.24. The second-order valence-electron chi connectivity index (χ2n) is 6.82. The largest absolute Gasteiger partial charge is 0.339 e. The van der Waals surface area contributed by atoms with Crippen molar-refractivity contribution >= 4 is 40.7 Å². The average Bonchev–Trinajstić information content (AvgIpc) is 2.68. The molecule has 7 heteroatoms. The van der Waals surface area contributed by atoms with E-state index in [0.29, 0.717) is 47.9 Å². The normalized spacial score (nSPS) is 14.4. The van der Waals surface area contributed by atoms with E-state index in [1.54, 1.807) is 53.4 Å². The third-order valence-corrected chi connectivity index (χ3v) is 4.95. The lowest BCUT2D eigenvalue weighted by molar-refractivity contribution is -0.121. The predicted octanol–water partition coefficient (Wildman–Crippen LogP) is 3.79. The first-order chi connectivity index (χ1) is 13.4. The maximum Gasteiger partial charge on any atom is 0.253 e. The number of carbonyl (C=O) groups excluding carboxylic acids is 3. The van der Waals surface area contributed by atoms with Crippen LogP contribution < -0.4 is 10.6 Å². The first kappa shape index (κ1) is 19.9. The fraction of sp³-hybridized carbons (Fsp3) is 0.286. The lowest BCUT2D eigenvalue weighted by atomic mass is 9.95. The van der Waals surface area contributed by atoms with Gasteiger partial charge in [-0.3, -0.25) is 14.4 Å². The van der Waals surface area contributed by atoms with E-state index >= 15 is 0 Å². The number of carbonyl (C=O) groups is 3. The van der Waals surface area contributed by atoms with Crippen LogP contribution in [0.25, 0.3) is 0 Å². The van der Waals surface area contributed by atoms with Crippen LogP contribution in [0.4, 0.5) is 11.4 Å². The Kier molecular flexibility index (Phi) is 6.31. The molecule has 0 aliphatic carbocycles. The molecule has 0 bridgehead atoms. The van der Waals surface area contributed by atoms with Crippen LogP contribution >= 0.6 is 11.6 Å². The van der Waals surface area contributed by atoms with E-state index in [9.17, 15) is 14.4 Å². The molecule has 3 amide bonds. The van der Waals surface area contributed by atoms with Gasteiger partial charge in [-0.05, 0) is 55.3 Å². The SMILES string of the molecule is CC(=O)Nc1cccc(NC(=O)C2CCN(C(=O)c3ccc(Cl)cc3)CC2)c1. The van der Waals surface area contributed by atoms with Crippen molar-refractivity contribution in [3.8, 4) is 0 Å². The summed E-state index contributed by atoms with van der Waals surface area (Å²) in [6.45, 7) is 2.50. The van der Waals surface area contributed by atoms with E-state index in [1.165, 1.54) is 6.92 Å². The number of benzene rings is 2. The first-order valence-corrected chi connectivity index (χ1v) is 9.53. The lowest BCUT2D eigenvalue weighted by Crippen LogP contribution is -2.41. The number of hydrogen-bond acceptors (Lipinski definition) is 3. The molecule has 0 spiro atoms. The number of rotatable bonds is 4. The smallest absolute Gasteiger partial charge is 0.253 e. The highest BCUT2D eigenvalue weighted by atomic mass is 35.5. The van der Waals surface area contributed by atoms with Gasteiger partial charge in [-0.1, -0.05) is 17.7 Å². The minimum atomic E-state index is -0.166. The fourth-order valence-corrected chi connectivity index (χ4v) is 3.37.